The zero-order valence-electron chi connectivity index (χ0n) is 24.5. The minimum Gasteiger partial charge on any atom is -0.481 e. The fourth-order valence-corrected chi connectivity index (χ4v) is 7.92. The van der Waals surface area contributed by atoms with Crippen LogP contribution in [0.15, 0.2) is 53.4 Å². The van der Waals surface area contributed by atoms with Gasteiger partial charge >= 0.3 is 5.97 Å². The van der Waals surface area contributed by atoms with Crippen LogP contribution in [0.5, 0.6) is 0 Å². The van der Waals surface area contributed by atoms with Crippen LogP contribution in [0.25, 0.3) is 11.0 Å². The fourth-order valence-electron chi connectivity index (χ4n) is 6.17. The van der Waals surface area contributed by atoms with Crippen molar-refractivity contribution in [1.29, 1.82) is 0 Å². The molecule has 3 atom stereocenters. The van der Waals surface area contributed by atoms with Gasteiger partial charge in [-0.15, -0.1) is 5.10 Å². The Hall–Kier alpha value is -3.56. The Morgan fingerprint density at radius 3 is 2.56 bits per heavy atom. The number of carbonyl (C=O) groups is 1. The third-order valence-electron chi connectivity index (χ3n) is 8.50. The van der Waals surface area contributed by atoms with E-state index in [1.165, 1.54) is 0 Å². The average molecular weight is 575 g/mol. The van der Waals surface area contributed by atoms with Gasteiger partial charge in [-0.25, -0.2) is 13.1 Å². The van der Waals surface area contributed by atoms with Crippen molar-refractivity contribution in [2.24, 2.45) is 11.8 Å². The monoisotopic (exact) mass is 574 g/mol. The average Bonchev–Trinajstić information content (AvgIpc) is 3.31. The molecule has 0 aliphatic carbocycles. The van der Waals surface area contributed by atoms with E-state index in [1.54, 1.807) is 17.3 Å². The maximum absolute atomic E-state index is 13.9. The molecular weight excluding hydrogens is 536 g/mol. The van der Waals surface area contributed by atoms with E-state index >= 15 is 0 Å². The highest BCUT2D eigenvalue weighted by Gasteiger charge is 2.34. The molecule has 41 heavy (non-hydrogen) atoms. The molecule has 8 nitrogen and oxygen atoms in total. The Morgan fingerprint density at radius 2 is 1.85 bits per heavy atom. The first-order valence-electron chi connectivity index (χ1n) is 14.2. The van der Waals surface area contributed by atoms with Crippen LogP contribution < -0.4 is 0 Å². The lowest BCUT2D eigenvalue weighted by Crippen LogP contribution is -2.33. The standard InChI is InChI=1S/C32H38N4O4S/c1-7-36-28-12-11-27(22(5)31(28)33-34-36)30(23(6)32(37)38)24-10-9-21(4)26(16-24)18-35-17-20(3)15-25-14-19(2)8-13-29(25)41(35,39)40/h8-14,16,20,23,30H,7,15,17-18H2,1-6H3,(H,37,38)/t20-,23+,30?/m0/s1. The van der Waals surface area contributed by atoms with Gasteiger partial charge in [-0.2, -0.15) is 4.31 Å². The molecule has 0 bridgehead atoms. The molecule has 1 aromatic heterocycles. The van der Waals surface area contributed by atoms with Crippen LogP contribution >= 0.6 is 0 Å². The van der Waals surface area contributed by atoms with Crippen LogP contribution in [0.2, 0.25) is 0 Å². The molecule has 1 aliphatic rings. The molecule has 0 spiro atoms. The van der Waals surface area contributed by atoms with Crippen molar-refractivity contribution >= 4 is 27.0 Å². The highest BCUT2D eigenvalue weighted by atomic mass is 32.2. The van der Waals surface area contributed by atoms with Gasteiger partial charge in [0.1, 0.15) is 5.52 Å². The van der Waals surface area contributed by atoms with Crippen molar-refractivity contribution < 1.29 is 18.3 Å². The van der Waals surface area contributed by atoms with Crippen LogP contribution in [0.1, 0.15) is 65.6 Å². The van der Waals surface area contributed by atoms with E-state index in [2.05, 4.69) is 17.2 Å². The van der Waals surface area contributed by atoms with Crippen molar-refractivity contribution in [3.05, 3.63) is 87.5 Å². The van der Waals surface area contributed by atoms with Gasteiger partial charge in [0.15, 0.2) is 0 Å². The Balaban J connectivity index is 1.58. The second-order valence-electron chi connectivity index (χ2n) is 11.6. The largest absolute Gasteiger partial charge is 0.481 e. The van der Waals surface area contributed by atoms with E-state index in [-0.39, 0.29) is 12.5 Å². The summed E-state index contributed by atoms with van der Waals surface area (Å²) in [7, 11) is -3.71. The number of aryl methyl sites for hydroxylation is 4. The summed E-state index contributed by atoms with van der Waals surface area (Å²) in [5.41, 5.74) is 8.04. The van der Waals surface area contributed by atoms with Crippen LogP contribution in [-0.2, 0) is 34.3 Å². The number of carboxylic acids is 1. The molecular formula is C32H38N4O4S. The predicted octanol–water partition coefficient (Wildman–Crippen LogP) is 5.61. The number of rotatable bonds is 7. The molecule has 0 saturated heterocycles. The molecule has 9 heteroatoms. The molecule has 0 radical (unpaired) electrons. The minimum atomic E-state index is -3.71. The van der Waals surface area contributed by atoms with Gasteiger partial charge in [0.25, 0.3) is 0 Å². The van der Waals surface area contributed by atoms with Gasteiger partial charge in [0.2, 0.25) is 10.0 Å². The molecule has 4 aromatic rings. The van der Waals surface area contributed by atoms with Gasteiger partial charge in [-0.1, -0.05) is 61.0 Å². The van der Waals surface area contributed by atoms with Crippen molar-refractivity contribution in [2.75, 3.05) is 6.54 Å². The number of hydrogen-bond donors (Lipinski definition) is 1. The maximum Gasteiger partial charge on any atom is 0.307 e. The first-order chi connectivity index (χ1) is 19.4. The van der Waals surface area contributed by atoms with E-state index < -0.39 is 27.8 Å². The number of aromatic nitrogens is 3. The molecule has 0 amide bonds. The smallest absolute Gasteiger partial charge is 0.307 e. The minimum absolute atomic E-state index is 0.155. The summed E-state index contributed by atoms with van der Waals surface area (Å²) in [5, 5.41) is 18.8. The summed E-state index contributed by atoms with van der Waals surface area (Å²) in [6.07, 6.45) is 0.703. The second kappa shape index (κ2) is 11.0. The van der Waals surface area contributed by atoms with Gasteiger partial charge in [0, 0.05) is 25.6 Å². The number of carboxylic acid groups (broad SMARTS) is 1. The van der Waals surface area contributed by atoms with Gasteiger partial charge in [0.05, 0.1) is 16.3 Å². The Bertz CT molecular complexity index is 1740. The van der Waals surface area contributed by atoms with Crippen molar-refractivity contribution in [3.8, 4) is 0 Å². The molecule has 1 aliphatic heterocycles. The molecule has 1 unspecified atom stereocenters. The summed E-state index contributed by atoms with van der Waals surface area (Å²) >= 11 is 0. The number of benzene rings is 3. The van der Waals surface area contributed by atoms with E-state index in [4.69, 9.17) is 0 Å². The number of sulfonamides is 1. The zero-order chi connectivity index (χ0) is 29.6. The van der Waals surface area contributed by atoms with Crippen LogP contribution in [0.3, 0.4) is 0 Å². The number of fused-ring (bicyclic) bond motifs is 2. The Labute approximate surface area is 242 Å². The maximum atomic E-state index is 13.9. The van der Waals surface area contributed by atoms with Crippen molar-refractivity contribution in [3.63, 3.8) is 0 Å². The first kappa shape index (κ1) is 29.0. The second-order valence-corrected chi connectivity index (χ2v) is 13.5. The van der Waals surface area contributed by atoms with Crippen LogP contribution in [0.4, 0.5) is 0 Å². The molecule has 1 N–H and O–H groups in total. The SMILES string of the molecule is CCn1nnc2c(C)c(C(c3ccc(C)c(CN4C[C@@H](C)Cc5cc(C)ccc5S4(=O)=O)c3)[C@@H](C)C(=O)O)ccc21. The lowest BCUT2D eigenvalue weighted by atomic mass is 9.79. The van der Waals surface area contributed by atoms with Crippen LogP contribution in [0, 0.1) is 32.6 Å². The van der Waals surface area contributed by atoms with Gasteiger partial charge in [-0.3, -0.25) is 4.79 Å². The number of hydrogen-bond acceptors (Lipinski definition) is 5. The lowest BCUT2D eigenvalue weighted by molar-refractivity contribution is -0.141. The number of nitrogens with zero attached hydrogens (tertiary/aromatic N) is 4. The normalized spacial score (nSPS) is 18.5. The molecule has 216 valence electrons. The first-order valence-corrected chi connectivity index (χ1v) is 15.6. The molecule has 3 aromatic carbocycles. The Kier molecular flexibility index (Phi) is 7.78. The molecule has 0 saturated carbocycles. The van der Waals surface area contributed by atoms with Gasteiger partial charge in [-0.05, 0) is 85.5 Å². The summed E-state index contributed by atoms with van der Waals surface area (Å²) in [6.45, 7) is 13.1. The van der Waals surface area contributed by atoms with Crippen LogP contribution in [-0.4, -0.2) is 45.3 Å². The molecule has 5 rings (SSSR count). The molecule has 2 heterocycles. The van der Waals surface area contributed by atoms with Crippen molar-refractivity contribution in [2.45, 2.75) is 71.9 Å². The number of aliphatic carboxylic acids is 1. The summed E-state index contributed by atoms with van der Waals surface area (Å²) in [6, 6.07) is 15.4. The van der Waals surface area contributed by atoms with E-state index in [0.29, 0.717) is 24.4 Å². The third-order valence-corrected chi connectivity index (χ3v) is 10.4. The van der Waals surface area contributed by atoms with E-state index in [9.17, 15) is 18.3 Å². The summed E-state index contributed by atoms with van der Waals surface area (Å²) in [5.74, 6) is -1.92. The van der Waals surface area contributed by atoms with Crippen molar-refractivity contribution in [1.82, 2.24) is 19.3 Å². The quantitative estimate of drug-likeness (QED) is 0.308. The van der Waals surface area contributed by atoms with E-state index in [0.717, 1.165) is 50.0 Å². The third kappa shape index (κ3) is 5.28. The van der Waals surface area contributed by atoms with E-state index in [1.807, 2.05) is 74.8 Å². The summed E-state index contributed by atoms with van der Waals surface area (Å²) in [4.78, 5) is 12.7. The zero-order valence-corrected chi connectivity index (χ0v) is 25.4. The summed E-state index contributed by atoms with van der Waals surface area (Å²) < 4.78 is 31.1. The highest BCUT2D eigenvalue weighted by Crippen LogP contribution is 2.38. The Morgan fingerprint density at radius 1 is 1.10 bits per heavy atom. The highest BCUT2D eigenvalue weighted by molar-refractivity contribution is 7.89. The topological polar surface area (TPSA) is 105 Å². The van der Waals surface area contributed by atoms with Gasteiger partial charge < -0.3 is 5.11 Å². The predicted molar refractivity (Wildman–Crippen MR) is 159 cm³/mol. The fraction of sp³-hybridized carbons (Fsp3) is 0.406. The lowest BCUT2D eigenvalue weighted by Gasteiger charge is -2.27. The molecule has 0 fully saturated rings.